The van der Waals surface area contributed by atoms with E-state index in [1.54, 1.807) is 11.3 Å². The van der Waals surface area contributed by atoms with E-state index in [2.05, 4.69) is 57.4 Å². The summed E-state index contributed by atoms with van der Waals surface area (Å²) in [5.74, 6) is 0. The molecule has 1 N–H and O–H groups in total. The van der Waals surface area contributed by atoms with Gasteiger partial charge < -0.3 is 4.57 Å². The van der Waals surface area contributed by atoms with Gasteiger partial charge in [0.2, 0.25) is 0 Å². The van der Waals surface area contributed by atoms with Gasteiger partial charge in [-0.25, -0.2) is 4.98 Å². The van der Waals surface area contributed by atoms with E-state index in [-0.39, 0.29) is 6.04 Å². The summed E-state index contributed by atoms with van der Waals surface area (Å²) in [6.45, 7) is 4.22. The van der Waals surface area contributed by atoms with Crippen molar-refractivity contribution in [1.29, 1.82) is 0 Å². The molecular formula is C19H18N4S. The molecule has 3 aromatic heterocycles. The molecule has 4 aromatic rings. The van der Waals surface area contributed by atoms with Crippen LogP contribution in [0.3, 0.4) is 0 Å². The van der Waals surface area contributed by atoms with Crippen molar-refractivity contribution in [3.63, 3.8) is 0 Å². The highest BCUT2D eigenvalue weighted by Gasteiger charge is 2.21. The van der Waals surface area contributed by atoms with Crippen molar-refractivity contribution in [3.05, 3.63) is 70.8 Å². The third kappa shape index (κ3) is 2.57. The Morgan fingerprint density at radius 3 is 2.62 bits per heavy atom. The van der Waals surface area contributed by atoms with Crippen LogP contribution in [0.15, 0.2) is 60.2 Å². The molecule has 0 unspecified atom stereocenters. The van der Waals surface area contributed by atoms with Gasteiger partial charge in [0.05, 0.1) is 23.8 Å². The molecule has 0 spiro atoms. The minimum Gasteiger partial charge on any atom is -0.321 e. The highest BCUT2D eigenvalue weighted by molar-refractivity contribution is 7.10. The van der Waals surface area contributed by atoms with Gasteiger partial charge in [-0.15, -0.1) is 11.3 Å². The monoisotopic (exact) mass is 334 g/mol. The largest absolute Gasteiger partial charge is 0.321 e. The van der Waals surface area contributed by atoms with Crippen LogP contribution in [0.4, 0.5) is 0 Å². The minimum absolute atomic E-state index is 0.210. The molecule has 0 aliphatic rings. The fourth-order valence-corrected chi connectivity index (χ4v) is 3.70. The lowest BCUT2D eigenvalue weighted by atomic mass is 10.1. The van der Waals surface area contributed by atoms with Crippen molar-refractivity contribution in [2.45, 2.75) is 19.9 Å². The Labute approximate surface area is 144 Å². The average Bonchev–Trinajstić information content (AvgIpc) is 3.35. The van der Waals surface area contributed by atoms with Crippen LogP contribution in [-0.2, 0) is 0 Å². The number of aromatic nitrogens is 4. The molecule has 3 heterocycles. The highest BCUT2D eigenvalue weighted by atomic mass is 32.1. The van der Waals surface area contributed by atoms with Crippen molar-refractivity contribution in [3.8, 4) is 22.6 Å². The predicted molar refractivity (Wildman–Crippen MR) is 98.1 cm³/mol. The zero-order valence-corrected chi connectivity index (χ0v) is 14.4. The van der Waals surface area contributed by atoms with E-state index in [1.807, 2.05) is 31.5 Å². The Balaban J connectivity index is 1.90. The van der Waals surface area contributed by atoms with Gasteiger partial charge in [-0.2, -0.15) is 5.10 Å². The van der Waals surface area contributed by atoms with Crippen LogP contribution in [0.1, 0.15) is 23.5 Å². The molecule has 0 saturated heterocycles. The molecule has 24 heavy (non-hydrogen) atoms. The fraction of sp³-hybridized carbons (Fsp3) is 0.158. The molecule has 5 heteroatoms. The number of rotatable bonds is 4. The van der Waals surface area contributed by atoms with Gasteiger partial charge in [0, 0.05) is 16.1 Å². The number of aryl methyl sites for hydroxylation is 1. The maximum absolute atomic E-state index is 4.72. The zero-order chi connectivity index (χ0) is 16.5. The quantitative estimate of drug-likeness (QED) is 0.576. The molecule has 0 bridgehead atoms. The van der Waals surface area contributed by atoms with Gasteiger partial charge in [-0.3, -0.25) is 5.10 Å². The second kappa shape index (κ2) is 6.09. The molecule has 0 aliphatic heterocycles. The molecular weight excluding hydrogens is 316 g/mol. The average molecular weight is 334 g/mol. The summed E-state index contributed by atoms with van der Waals surface area (Å²) < 4.78 is 2.21. The van der Waals surface area contributed by atoms with Gasteiger partial charge in [0.25, 0.3) is 0 Å². The van der Waals surface area contributed by atoms with Gasteiger partial charge in [0.15, 0.2) is 0 Å². The third-order valence-electron chi connectivity index (χ3n) is 4.16. The Bertz CT molecular complexity index is 935. The van der Waals surface area contributed by atoms with Crippen molar-refractivity contribution < 1.29 is 0 Å². The van der Waals surface area contributed by atoms with Gasteiger partial charge >= 0.3 is 0 Å². The number of imidazole rings is 1. The number of hydrogen-bond donors (Lipinski definition) is 1. The second-order valence-corrected chi connectivity index (χ2v) is 6.82. The molecule has 1 atom stereocenters. The summed E-state index contributed by atoms with van der Waals surface area (Å²) in [6, 6.07) is 16.8. The van der Waals surface area contributed by atoms with Crippen LogP contribution in [0, 0.1) is 6.92 Å². The number of nitrogens with zero attached hydrogens (tertiary/aromatic N) is 3. The van der Waals surface area contributed by atoms with E-state index in [9.17, 15) is 0 Å². The normalized spacial score (nSPS) is 12.4. The number of nitrogens with one attached hydrogen (secondary N) is 1. The number of aromatic amines is 1. The first-order chi connectivity index (χ1) is 11.7. The SMILES string of the molecule is Cc1cc(-c2c(-c3ccccc3)ncn2[C@@H](C)c2cccs2)n[nH]1. The van der Waals surface area contributed by atoms with E-state index in [0.717, 1.165) is 28.3 Å². The first-order valence-electron chi connectivity index (χ1n) is 7.92. The first-order valence-corrected chi connectivity index (χ1v) is 8.80. The summed E-state index contributed by atoms with van der Waals surface area (Å²) in [4.78, 5) is 6.02. The van der Waals surface area contributed by atoms with Crippen LogP contribution in [-0.4, -0.2) is 19.7 Å². The van der Waals surface area contributed by atoms with Crippen molar-refractivity contribution in [2.75, 3.05) is 0 Å². The smallest absolute Gasteiger partial charge is 0.111 e. The second-order valence-electron chi connectivity index (χ2n) is 5.84. The molecule has 4 rings (SSSR count). The maximum Gasteiger partial charge on any atom is 0.111 e. The number of hydrogen-bond acceptors (Lipinski definition) is 3. The summed E-state index contributed by atoms with van der Waals surface area (Å²) in [5.41, 5.74) is 5.08. The van der Waals surface area contributed by atoms with E-state index >= 15 is 0 Å². The molecule has 0 aliphatic carbocycles. The van der Waals surface area contributed by atoms with Crippen molar-refractivity contribution >= 4 is 11.3 Å². The maximum atomic E-state index is 4.72. The van der Waals surface area contributed by atoms with E-state index < -0.39 is 0 Å². The van der Waals surface area contributed by atoms with Gasteiger partial charge in [0.1, 0.15) is 5.69 Å². The van der Waals surface area contributed by atoms with Crippen molar-refractivity contribution in [1.82, 2.24) is 19.7 Å². The molecule has 0 radical (unpaired) electrons. The third-order valence-corrected chi connectivity index (χ3v) is 5.20. The van der Waals surface area contributed by atoms with Gasteiger partial charge in [-0.1, -0.05) is 36.4 Å². The number of benzene rings is 1. The Kier molecular flexibility index (Phi) is 3.78. The van der Waals surface area contributed by atoms with E-state index in [4.69, 9.17) is 4.98 Å². The predicted octanol–water partition coefficient (Wildman–Crippen LogP) is 4.92. The summed E-state index contributed by atoms with van der Waals surface area (Å²) in [6.07, 6.45) is 1.92. The molecule has 1 aromatic carbocycles. The topological polar surface area (TPSA) is 46.5 Å². The summed E-state index contributed by atoms with van der Waals surface area (Å²) >= 11 is 1.76. The lowest BCUT2D eigenvalue weighted by Crippen LogP contribution is -2.06. The zero-order valence-electron chi connectivity index (χ0n) is 13.6. The number of H-pyrrole nitrogens is 1. The molecule has 120 valence electrons. The Morgan fingerprint density at radius 1 is 1.12 bits per heavy atom. The van der Waals surface area contributed by atoms with Crippen LogP contribution in [0.25, 0.3) is 22.6 Å². The molecule has 0 fully saturated rings. The standard InChI is InChI=1S/C19H18N4S/c1-13-11-16(22-21-13)19-18(15-7-4-3-5-8-15)20-12-23(19)14(2)17-9-6-10-24-17/h3-12,14H,1-2H3,(H,21,22)/t14-/m0/s1. The van der Waals surface area contributed by atoms with Crippen LogP contribution in [0.2, 0.25) is 0 Å². The lowest BCUT2D eigenvalue weighted by Gasteiger charge is -2.15. The van der Waals surface area contributed by atoms with Gasteiger partial charge in [-0.05, 0) is 31.4 Å². The first kappa shape index (κ1) is 14.9. The Hall–Kier alpha value is -2.66. The molecule has 0 saturated carbocycles. The highest BCUT2D eigenvalue weighted by Crippen LogP contribution is 2.35. The summed E-state index contributed by atoms with van der Waals surface area (Å²) in [5, 5.41) is 9.64. The summed E-state index contributed by atoms with van der Waals surface area (Å²) in [7, 11) is 0. The van der Waals surface area contributed by atoms with Crippen molar-refractivity contribution in [2.24, 2.45) is 0 Å². The molecule has 4 nitrogen and oxygen atoms in total. The number of thiophene rings is 1. The van der Waals surface area contributed by atoms with Crippen LogP contribution < -0.4 is 0 Å². The Morgan fingerprint density at radius 2 is 1.96 bits per heavy atom. The van der Waals surface area contributed by atoms with Crippen LogP contribution >= 0.6 is 11.3 Å². The lowest BCUT2D eigenvalue weighted by molar-refractivity contribution is 0.654. The van der Waals surface area contributed by atoms with E-state index in [0.29, 0.717) is 0 Å². The molecule has 0 amide bonds. The van der Waals surface area contributed by atoms with Crippen LogP contribution in [0.5, 0.6) is 0 Å². The van der Waals surface area contributed by atoms with E-state index in [1.165, 1.54) is 4.88 Å². The fourth-order valence-electron chi connectivity index (χ4n) is 2.92. The minimum atomic E-state index is 0.210.